The van der Waals surface area contributed by atoms with Gasteiger partial charge in [-0.3, -0.25) is 4.79 Å². The van der Waals surface area contributed by atoms with Crippen LogP contribution in [0.1, 0.15) is 13.3 Å². The molecule has 0 radical (unpaired) electrons. The minimum absolute atomic E-state index is 0.184. The number of likely N-dealkylation sites (N-methyl/N-ethyl adjacent to an activating group) is 1. The topological polar surface area (TPSA) is 47.6 Å². The van der Waals surface area contributed by atoms with Gasteiger partial charge in [-0.05, 0) is 38.6 Å². The van der Waals surface area contributed by atoms with Gasteiger partial charge in [-0.1, -0.05) is 6.07 Å². The lowest BCUT2D eigenvalue weighted by molar-refractivity contribution is -0.145. The van der Waals surface area contributed by atoms with E-state index in [-0.39, 0.29) is 12.0 Å². The lowest BCUT2D eigenvalue weighted by Crippen LogP contribution is -2.36. The van der Waals surface area contributed by atoms with E-state index in [1.165, 1.54) is 0 Å². The van der Waals surface area contributed by atoms with Gasteiger partial charge < -0.3 is 14.8 Å². The number of hydrogen-bond donors (Lipinski definition) is 1. The predicted molar refractivity (Wildman–Crippen MR) is 77.8 cm³/mol. The lowest BCUT2D eigenvalue weighted by Gasteiger charge is -2.14. The number of nitrogens with one attached hydrogen (secondary N) is 1. The van der Waals surface area contributed by atoms with E-state index in [2.05, 4.69) is 5.32 Å². The third-order valence-electron chi connectivity index (χ3n) is 2.64. The van der Waals surface area contributed by atoms with Crippen LogP contribution in [0.15, 0.2) is 29.2 Å². The van der Waals surface area contributed by atoms with Crippen LogP contribution in [0.3, 0.4) is 0 Å². The van der Waals surface area contributed by atoms with Gasteiger partial charge in [0.25, 0.3) is 0 Å². The van der Waals surface area contributed by atoms with Crippen molar-refractivity contribution < 1.29 is 14.3 Å². The molecule has 1 aromatic rings. The Labute approximate surface area is 118 Å². The standard InChI is InChI=1S/C14H21NO3S/c1-4-18-14(16)13(15-2)8-9-19-12-7-5-6-11(10-12)17-3/h5-7,10,13,15H,4,8-9H2,1-3H3. The Morgan fingerprint density at radius 1 is 1.47 bits per heavy atom. The normalized spacial score (nSPS) is 11.9. The molecule has 1 N–H and O–H groups in total. The quantitative estimate of drug-likeness (QED) is 0.586. The van der Waals surface area contributed by atoms with Crippen molar-refractivity contribution in [1.82, 2.24) is 5.32 Å². The number of carbonyl (C=O) groups excluding carboxylic acids is 1. The second-order valence-electron chi connectivity index (χ2n) is 3.91. The van der Waals surface area contributed by atoms with Crippen molar-refractivity contribution in [3.05, 3.63) is 24.3 Å². The maximum absolute atomic E-state index is 11.6. The average Bonchev–Trinajstić information content (AvgIpc) is 2.44. The fourth-order valence-electron chi connectivity index (χ4n) is 1.61. The molecular formula is C14H21NO3S. The van der Waals surface area contributed by atoms with Crippen molar-refractivity contribution in [3.63, 3.8) is 0 Å². The van der Waals surface area contributed by atoms with E-state index >= 15 is 0 Å². The van der Waals surface area contributed by atoms with Crippen LogP contribution >= 0.6 is 11.8 Å². The molecule has 1 unspecified atom stereocenters. The van der Waals surface area contributed by atoms with Crippen molar-refractivity contribution in [1.29, 1.82) is 0 Å². The highest BCUT2D eigenvalue weighted by atomic mass is 32.2. The third-order valence-corrected chi connectivity index (χ3v) is 3.66. The first kappa shape index (κ1) is 15.9. The summed E-state index contributed by atoms with van der Waals surface area (Å²) in [6, 6.07) is 7.66. The van der Waals surface area contributed by atoms with Crippen molar-refractivity contribution in [2.24, 2.45) is 0 Å². The molecule has 1 rings (SSSR count). The molecular weight excluding hydrogens is 262 g/mol. The molecule has 0 aliphatic carbocycles. The average molecular weight is 283 g/mol. The van der Waals surface area contributed by atoms with Gasteiger partial charge >= 0.3 is 5.97 Å². The number of benzene rings is 1. The largest absolute Gasteiger partial charge is 0.497 e. The molecule has 0 aliphatic heterocycles. The third kappa shape index (κ3) is 5.53. The molecule has 0 saturated carbocycles. The van der Waals surface area contributed by atoms with Crippen molar-refractivity contribution in [2.75, 3.05) is 26.5 Å². The second kappa shape index (κ2) is 8.82. The van der Waals surface area contributed by atoms with E-state index < -0.39 is 0 Å². The van der Waals surface area contributed by atoms with Gasteiger partial charge in [0, 0.05) is 10.6 Å². The molecule has 0 spiro atoms. The Kier molecular flexibility index (Phi) is 7.36. The van der Waals surface area contributed by atoms with Gasteiger partial charge in [0.2, 0.25) is 0 Å². The van der Waals surface area contributed by atoms with Crippen molar-refractivity contribution in [2.45, 2.75) is 24.3 Å². The van der Waals surface area contributed by atoms with Gasteiger partial charge in [0.05, 0.1) is 13.7 Å². The number of rotatable bonds is 8. The smallest absolute Gasteiger partial charge is 0.323 e. The molecule has 0 bridgehead atoms. The number of methoxy groups -OCH3 is 1. The minimum atomic E-state index is -0.238. The van der Waals surface area contributed by atoms with E-state index in [1.807, 2.05) is 31.2 Å². The zero-order valence-corrected chi connectivity index (χ0v) is 12.5. The number of ether oxygens (including phenoxy) is 2. The highest BCUT2D eigenvalue weighted by Gasteiger charge is 2.16. The first-order chi connectivity index (χ1) is 9.21. The summed E-state index contributed by atoms with van der Waals surface area (Å²) in [5.41, 5.74) is 0. The highest BCUT2D eigenvalue weighted by molar-refractivity contribution is 7.99. The van der Waals surface area contributed by atoms with Gasteiger partial charge in [0.15, 0.2) is 0 Å². The second-order valence-corrected chi connectivity index (χ2v) is 5.08. The van der Waals surface area contributed by atoms with Crippen molar-refractivity contribution >= 4 is 17.7 Å². The van der Waals surface area contributed by atoms with Crippen LogP contribution in [0.4, 0.5) is 0 Å². The summed E-state index contributed by atoms with van der Waals surface area (Å²) in [6.07, 6.45) is 0.733. The molecule has 5 heteroatoms. The lowest BCUT2D eigenvalue weighted by atomic mass is 10.2. The number of hydrogen-bond acceptors (Lipinski definition) is 5. The van der Waals surface area contributed by atoms with E-state index in [4.69, 9.17) is 9.47 Å². The molecule has 4 nitrogen and oxygen atoms in total. The minimum Gasteiger partial charge on any atom is -0.497 e. The van der Waals surface area contributed by atoms with Gasteiger partial charge in [-0.2, -0.15) is 0 Å². The molecule has 0 aliphatic rings. The predicted octanol–water partition coefficient (Wildman–Crippen LogP) is 2.33. The zero-order valence-electron chi connectivity index (χ0n) is 11.6. The molecule has 0 fully saturated rings. The van der Waals surface area contributed by atoms with E-state index in [0.29, 0.717) is 6.61 Å². The summed E-state index contributed by atoms with van der Waals surface area (Å²) < 4.78 is 10.2. The summed E-state index contributed by atoms with van der Waals surface area (Å²) in [5, 5.41) is 2.98. The summed E-state index contributed by atoms with van der Waals surface area (Å²) in [7, 11) is 3.43. The van der Waals surface area contributed by atoms with Crippen LogP contribution in [-0.4, -0.2) is 38.5 Å². The van der Waals surface area contributed by atoms with Gasteiger partial charge in [-0.25, -0.2) is 0 Å². The van der Waals surface area contributed by atoms with E-state index in [0.717, 1.165) is 22.8 Å². The summed E-state index contributed by atoms with van der Waals surface area (Å²) in [6.45, 7) is 2.23. The Morgan fingerprint density at radius 2 is 2.26 bits per heavy atom. The molecule has 0 amide bonds. The summed E-state index contributed by atoms with van der Waals surface area (Å²) in [5.74, 6) is 1.51. The monoisotopic (exact) mass is 283 g/mol. The molecule has 1 atom stereocenters. The maximum Gasteiger partial charge on any atom is 0.323 e. The first-order valence-corrected chi connectivity index (χ1v) is 7.30. The fraction of sp³-hybridized carbons (Fsp3) is 0.500. The Morgan fingerprint density at radius 3 is 2.89 bits per heavy atom. The molecule has 1 aromatic carbocycles. The SMILES string of the molecule is CCOC(=O)C(CCSc1cccc(OC)c1)NC. The molecule has 0 saturated heterocycles. The molecule has 0 aromatic heterocycles. The first-order valence-electron chi connectivity index (χ1n) is 6.32. The van der Waals surface area contributed by atoms with Crippen molar-refractivity contribution in [3.8, 4) is 5.75 Å². The summed E-state index contributed by atoms with van der Waals surface area (Å²) in [4.78, 5) is 12.7. The van der Waals surface area contributed by atoms with Crippen LogP contribution in [-0.2, 0) is 9.53 Å². The van der Waals surface area contributed by atoms with Gasteiger partial charge in [0.1, 0.15) is 11.8 Å². The number of thioether (sulfide) groups is 1. The van der Waals surface area contributed by atoms with Crippen LogP contribution in [0.2, 0.25) is 0 Å². The van der Waals surface area contributed by atoms with Crippen LogP contribution in [0, 0.1) is 0 Å². The summed E-state index contributed by atoms with van der Waals surface area (Å²) >= 11 is 1.70. The Bertz CT molecular complexity index is 398. The zero-order chi connectivity index (χ0) is 14.1. The Hall–Kier alpha value is -1.20. The van der Waals surface area contributed by atoms with Gasteiger partial charge in [-0.15, -0.1) is 11.8 Å². The molecule has 0 heterocycles. The van der Waals surface area contributed by atoms with Crippen LogP contribution in [0.25, 0.3) is 0 Å². The van der Waals surface area contributed by atoms with E-state index in [9.17, 15) is 4.79 Å². The highest BCUT2D eigenvalue weighted by Crippen LogP contribution is 2.23. The molecule has 19 heavy (non-hydrogen) atoms. The van der Waals surface area contributed by atoms with E-state index in [1.54, 1.807) is 25.9 Å². The Balaban J connectivity index is 2.41. The number of carbonyl (C=O) groups is 1. The maximum atomic E-state index is 11.6. The fourth-order valence-corrected chi connectivity index (χ4v) is 2.57. The van der Waals surface area contributed by atoms with Crippen LogP contribution < -0.4 is 10.1 Å². The number of esters is 1. The molecule has 106 valence electrons. The van der Waals surface area contributed by atoms with Crippen LogP contribution in [0.5, 0.6) is 5.75 Å².